The fourth-order valence-corrected chi connectivity index (χ4v) is 2.20. The second kappa shape index (κ2) is 9.00. The molecule has 0 spiro atoms. The molecule has 24 heavy (non-hydrogen) atoms. The molecular formula is C18H17BrN2O3. The quantitative estimate of drug-likeness (QED) is 0.664. The van der Waals surface area contributed by atoms with E-state index in [1.165, 1.54) is 0 Å². The lowest BCUT2D eigenvalue weighted by Crippen LogP contribution is -2.36. The smallest absolute Gasteiger partial charge is 0.267 e. The Labute approximate surface area is 148 Å². The van der Waals surface area contributed by atoms with E-state index in [-0.39, 0.29) is 24.8 Å². The predicted molar refractivity (Wildman–Crippen MR) is 96.1 cm³/mol. The van der Waals surface area contributed by atoms with Crippen LogP contribution in [-0.4, -0.2) is 30.1 Å². The van der Waals surface area contributed by atoms with E-state index in [1.807, 2.05) is 30.3 Å². The minimum Gasteiger partial charge on any atom is -0.395 e. The molecule has 0 aromatic heterocycles. The van der Waals surface area contributed by atoms with Crippen LogP contribution in [0.15, 0.2) is 64.8 Å². The van der Waals surface area contributed by atoms with Crippen molar-refractivity contribution in [2.75, 3.05) is 13.2 Å². The summed E-state index contributed by atoms with van der Waals surface area (Å²) in [5.41, 5.74) is 1.33. The van der Waals surface area contributed by atoms with Crippen LogP contribution in [0, 0.1) is 0 Å². The summed E-state index contributed by atoms with van der Waals surface area (Å²) in [5, 5.41) is 14.0. The molecule has 0 unspecified atom stereocenters. The summed E-state index contributed by atoms with van der Waals surface area (Å²) >= 11 is 3.31. The van der Waals surface area contributed by atoms with Crippen LogP contribution < -0.4 is 10.6 Å². The molecule has 3 N–H and O–H groups in total. The highest BCUT2D eigenvalue weighted by atomic mass is 79.9. The zero-order valence-electron chi connectivity index (χ0n) is 12.8. The van der Waals surface area contributed by atoms with Crippen LogP contribution in [-0.2, 0) is 4.79 Å². The van der Waals surface area contributed by atoms with Gasteiger partial charge in [-0.15, -0.1) is 0 Å². The van der Waals surface area contributed by atoms with Crippen LogP contribution in [0.25, 0.3) is 6.08 Å². The zero-order valence-corrected chi connectivity index (χ0v) is 14.4. The number of hydrogen-bond acceptors (Lipinski definition) is 3. The van der Waals surface area contributed by atoms with Gasteiger partial charge in [-0.2, -0.15) is 0 Å². The minimum atomic E-state index is -0.460. The molecule has 2 rings (SSSR count). The summed E-state index contributed by atoms with van der Waals surface area (Å²) in [6.07, 6.45) is 1.59. The van der Waals surface area contributed by atoms with Gasteiger partial charge in [0.05, 0.1) is 6.61 Å². The van der Waals surface area contributed by atoms with Gasteiger partial charge in [-0.05, 0) is 35.9 Å². The van der Waals surface area contributed by atoms with Gasteiger partial charge in [0.25, 0.3) is 11.8 Å². The second-order valence-electron chi connectivity index (χ2n) is 4.91. The van der Waals surface area contributed by atoms with Crippen molar-refractivity contribution in [3.8, 4) is 0 Å². The third-order valence-corrected chi connectivity index (χ3v) is 3.64. The first-order valence-corrected chi connectivity index (χ1v) is 8.12. The Morgan fingerprint density at radius 3 is 2.33 bits per heavy atom. The van der Waals surface area contributed by atoms with Gasteiger partial charge in [-0.1, -0.05) is 46.3 Å². The van der Waals surface area contributed by atoms with Crippen LogP contribution in [0.3, 0.4) is 0 Å². The molecule has 6 heteroatoms. The first-order valence-electron chi connectivity index (χ1n) is 7.33. The second-order valence-corrected chi connectivity index (χ2v) is 5.82. The summed E-state index contributed by atoms with van der Waals surface area (Å²) in [7, 11) is 0. The van der Waals surface area contributed by atoms with Gasteiger partial charge < -0.3 is 15.7 Å². The largest absolute Gasteiger partial charge is 0.395 e. The highest BCUT2D eigenvalue weighted by Gasteiger charge is 2.14. The molecule has 2 aromatic rings. The number of carbonyl (C=O) groups excluding carboxylic acids is 2. The number of hydrogen-bond donors (Lipinski definition) is 3. The number of halogens is 1. The van der Waals surface area contributed by atoms with E-state index in [0.29, 0.717) is 5.56 Å². The van der Waals surface area contributed by atoms with Gasteiger partial charge in [0.1, 0.15) is 5.70 Å². The fourth-order valence-electron chi connectivity index (χ4n) is 1.93. The molecule has 0 bridgehead atoms. The van der Waals surface area contributed by atoms with Crippen molar-refractivity contribution in [3.05, 3.63) is 75.9 Å². The lowest BCUT2D eigenvalue weighted by molar-refractivity contribution is -0.117. The van der Waals surface area contributed by atoms with Gasteiger partial charge in [-0.25, -0.2) is 0 Å². The number of carbonyl (C=O) groups is 2. The monoisotopic (exact) mass is 388 g/mol. The third-order valence-electron chi connectivity index (χ3n) is 3.11. The lowest BCUT2D eigenvalue weighted by Gasteiger charge is -2.10. The molecular weight excluding hydrogens is 372 g/mol. The number of aliphatic hydroxyl groups is 1. The van der Waals surface area contributed by atoms with E-state index < -0.39 is 5.91 Å². The molecule has 0 aliphatic heterocycles. The van der Waals surface area contributed by atoms with E-state index in [9.17, 15) is 9.59 Å². The van der Waals surface area contributed by atoms with E-state index in [0.717, 1.165) is 10.0 Å². The Balaban J connectivity index is 2.22. The molecule has 124 valence electrons. The summed E-state index contributed by atoms with van der Waals surface area (Å²) < 4.78 is 0.861. The normalized spacial score (nSPS) is 11.0. The maximum absolute atomic E-state index is 12.3. The van der Waals surface area contributed by atoms with E-state index in [2.05, 4.69) is 26.6 Å². The summed E-state index contributed by atoms with van der Waals surface area (Å²) in [6.45, 7) is -0.0653. The molecule has 0 aliphatic rings. The van der Waals surface area contributed by atoms with Crippen molar-refractivity contribution in [2.24, 2.45) is 0 Å². The SMILES string of the molecule is O=C(NCCO)C(=Cc1ccccc1)NC(=O)c1ccc(Br)cc1. The van der Waals surface area contributed by atoms with Gasteiger partial charge >= 0.3 is 0 Å². The lowest BCUT2D eigenvalue weighted by atomic mass is 10.1. The van der Waals surface area contributed by atoms with Crippen LogP contribution in [0.5, 0.6) is 0 Å². The highest BCUT2D eigenvalue weighted by molar-refractivity contribution is 9.10. The van der Waals surface area contributed by atoms with Gasteiger partial charge in [0, 0.05) is 16.6 Å². The van der Waals surface area contributed by atoms with Crippen molar-refractivity contribution in [2.45, 2.75) is 0 Å². The number of aliphatic hydroxyl groups excluding tert-OH is 1. The summed E-state index contributed by atoms with van der Waals surface area (Å²) in [5.74, 6) is -0.845. The van der Waals surface area contributed by atoms with Crippen LogP contribution >= 0.6 is 15.9 Å². The number of nitrogens with one attached hydrogen (secondary N) is 2. The molecule has 0 saturated heterocycles. The molecule has 0 aliphatic carbocycles. The topological polar surface area (TPSA) is 78.4 Å². The Kier molecular flexibility index (Phi) is 6.72. The van der Waals surface area contributed by atoms with Crippen LogP contribution in [0.4, 0.5) is 0 Å². The predicted octanol–water partition coefficient (Wildman–Crippen LogP) is 2.33. The Bertz CT molecular complexity index is 728. The molecule has 0 fully saturated rings. The van der Waals surface area contributed by atoms with Gasteiger partial charge in [0.2, 0.25) is 0 Å². The molecule has 5 nitrogen and oxygen atoms in total. The molecule has 0 heterocycles. The zero-order chi connectivity index (χ0) is 17.4. The molecule has 2 amide bonds. The summed E-state index contributed by atoms with van der Waals surface area (Å²) in [4.78, 5) is 24.6. The average Bonchev–Trinajstić information content (AvgIpc) is 2.60. The van der Waals surface area contributed by atoms with E-state index in [1.54, 1.807) is 30.3 Å². The van der Waals surface area contributed by atoms with Crippen molar-refractivity contribution >= 4 is 33.8 Å². The minimum absolute atomic E-state index is 0.110. The van der Waals surface area contributed by atoms with Gasteiger partial charge in [0.15, 0.2) is 0 Å². The van der Waals surface area contributed by atoms with Crippen molar-refractivity contribution in [1.29, 1.82) is 0 Å². The van der Waals surface area contributed by atoms with Crippen LogP contribution in [0.1, 0.15) is 15.9 Å². The standard InChI is InChI=1S/C18H17BrN2O3/c19-15-8-6-14(7-9-15)17(23)21-16(18(24)20-10-11-22)12-13-4-2-1-3-5-13/h1-9,12,22H,10-11H2,(H,20,24)(H,21,23). The maximum atomic E-state index is 12.3. The number of benzene rings is 2. The molecule has 0 saturated carbocycles. The molecule has 0 atom stereocenters. The third kappa shape index (κ3) is 5.33. The van der Waals surface area contributed by atoms with E-state index in [4.69, 9.17) is 5.11 Å². The van der Waals surface area contributed by atoms with Crippen LogP contribution in [0.2, 0.25) is 0 Å². The number of amides is 2. The van der Waals surface area contributed by atoms with Crippen molar-refractivity contribution in [3.63, 3.8) is 0 Å². The Morgan fingerprint density at radius 1 is 1.04 bits per heavy atom. The highest BCUT2D eigenvalue weighted by Crippen LogP contribution is 2.11. The van der Waals surface area contributed by atoms with E-state index >= 15 is 0 Å². The first-order chi connectivity index (χ1) is 11.6. The fraction of sp³-hybridized carbons (Fsp3) is 0.111. The van der Waals surface area contributed by atoms with Gasteiger partial charge in [-0.3, -0.25) is 9.59 Å². The molecule has 0 radical (unpaired) electrons. The summed E-state index contributed by atoms with van der Waals surface area (Å²) in [6, 6.07) is 16.0. The Morgan fingerprint density at radius 2 is 1.71 bits per heavy atom. The Hall–Kier alpha value is -2.44. The average molecular weight is 389 g/mol. The van der Waals surface area contributed by atoms with Crippen molar-refractivity contribution in [1.82, 2.24) is 10.6 Å². The molecule has 2 aromatic carbocycles. The first kappa shape index (κ1) is 17.9. The van der Waals surface area contributed by atoms with Crippen molar-refractivity contribution < 1.29 is 14.7 Å². The number of rotatable bonds is 6. The maximum Gasteiger partial charge on any atom is 0.267 e.